The van der Waals surface area contributed by atoms with Crippen molar-refractivity contribution in [1.29, 1.82) is 0 Å². The van der Waals surface area contributed by atoms with E-state index in [1.165, 1.54) is 51.4 Å². The Hall–Kier alpha value is -0.310. The molecule has 0 aromatic rings. The van der Waals surface area contributed by atoms with Gasteiger partial charge in [0.05, 0.1) is 0 Å². The Bertz CT molecular complexity index is 280. The highest BCUT2D eigenvalue weighted by Gasteiger charge is 2.25. The van der Waals surface area contributed by atoms with E-state index >= 15 is 0 Å². The van der Waals surface area contributed by atoms with Gasteiger partial charge in [-0.2, -0.15) is 0 Å². The predicted octanol–water partition coefficient (Wildman–Crippen LogP) is 3.70. The third-order valence-corrected chi connectivity index (χ3v) is 5.09. The van der Waals surface area contributed by atoms with E-state index in [9.17, 15) is 0 Å². The fraction of sp³-hybridized carbons (Fsp3) is 0.933. The molecule has 18 heavy (non-hydrogen) atoms. The zero-order chi connectivity index (χ0) is 13.0. The number of rotatable bonds is 1. The molecule has 0 spiro atoms. The van der Waals surface area contributed by atoms with Gasteiger partial charge >= 0.3 is 0 Å². The maximum absolute atomic E-state index is 5.66. The fourth-order valence-electron chi connectivity index (χ4n) is 3.35. The van der Waals surface area contributed by atoms with E-state index in [4.69, 9.17) is 12.2 Å². The van der Waals surface area contributed by atoms with Crippen molar-refractivity contribution in [2.45, 2.75) is 77.3 Å². The summed E-state index contributed by atoms with van der Waals surface area (Å²) in [5.74, 6) is 0.777. The Kier molecular flexibility index (Phi) is 5.28. The molecule has 1 N–H and O–H groups in total. The summed E-state index contributed by atoms with van der Waals surface area (Å²) < 4.78 is 0. The van der Waals surface area contributed by atoms with E-state index in [-0.39, 0.29) is 0 Å². The summed E-state index contributed by atoms with van der Waals surface area (Å²) >= 11 is 5.66. The van der Waals surface area contributed by atoms with Gasteiger partial charge in [0.15, 0.2) is 5.11 Å². The summed E-state index contributed by atoms with van der Waals surface area (Å²) in [5.41, 5.74) is 0. The Morgan fingerprint density at radius 3 is 2.50 bits per heavy atom. The summed E-state index contributed by atoms with van der Waals surface area (Å²) in [7, 11) is 0. The standard InChI is InChI=1S/C15H28N2S/c1-12-8-5-6-10-14(12)16-15(18)17-11-7-3-4-9-13(17)2/h12-14H,3-11H2,1-2H3,(H,16,18). The van der Waals surface area contributed by atoms with Gasteiger partial charge in [-0.25, -0.2) is 0 Å². The summed E-state index contributed by atoms with van der Waals surface area (Å²) in [6.45, 7) is 5.84. The van der Waals surface area contributed by atoms with E-state index in [1.54, 1.807) is 0 Å². The summed E-state index contributed by atoms with van der Waals surface area (Å²) in [6, 6.07) is 1.23. The molecule has 1 heterocycles. The first kappa shape index (κ1) is 14.1. The molecule has 104 valence electrons. The van der Waals surface area contributed by atoms with Crippen LogP contribution in [0.25, 0.3) is 0 Å². The third kappa shape index (κ3) is 3.59. The van der Waals surface area contributed by atoms with Gasteiger partial charge in [-0.05, 0) is 50.7 Å². The van der Waals surface area contributed by atoms with Crippen molar-refractivity contribution in [3.05, 3.63) is 0 Å². The van der Waals surface area contributed by atoms with Crippen molar-refractivity contribution >= 4 is 17.3 Å². The van der Waals surface area contributed by atoms with Crippen molar-refractivity contribution in [3.8, 4) is 0 Å². The average molecular weight is 268 g/mol. The molecule has 0 radical (unpaired) electrons. The fourth-order valence-corrected chi connectivity index (χ4v) is 3.77. The molecule has 2 rings (SSSR count). The monoisotopic (exact) mass is 268 g/mol. The van der Waals surface area contributed by atoms with E-state index in [1.807, 2.05) is 0 Å². The molecule has 0 bridgehead atoms. The molecule has 3 atom stereocenters. The molecule has 3 heteroatoms. The van der Waals surface area contributed by atoms with Crippen LogP contribution in [0.1, 0.15) is 65.2 Å². The maximum atomic E-state index is 5.66. The summed E-state index contributed by atoms with van der Waals surface area (Å²) in [5, 5.41) is 4.67. The lowest BCUT2D eigenvalue weighted by Gasteiger charge is -2.36. The average Bonchev–Trinajstić information content (AvgIpc) is 2.57. The van der Waals surface area contributed by atoms with Crippen molar-refractivity contribution in [2.24, 2.45) is 5.92 Å². The van der Waals surface area contributed by atoms with Crippen LogP contribution in [0.2, 0.25) is 0 Å². The third-order valence-electron chi connectivity index (χ3n) is 4.73. The number of nitrogens with one attached hydrogen (secondary N) is 1. The minimum absolute atomic E-state index is 0.613. The van der Waals surface area contributed by atoms with Gasteiger partial charge in [-0.1, -0.05) is 32.6 Å². The van der Waals surface area contributed by atoms with Crippen molar-refractivity contribution in [3.63, 3.8) is 0 Å². The second-order valence-corrected chi connectivity index (χ2v) is 6.60. The van der Waals surface area contributed by atoms with Crippen molar-refractivity contribution < 1.29 is 0 Å². The van der Waals surface area contributed by atoms with E-state index in [0.29, 0.717) is 12.1 Å². The molecular weight excluding hydrogens is 240 g/mol. The zero-order valence-electron chi connectivity index (χ0n) is 12.0. The number of hydrogen-bond donors (Lipinski definition) is 1. The first-order valence-corrected chi connectivity index (χ1v) is 8.16. The maximum Gasteiger partial charge on any atom is 0.169 e. The van der Waals surface area contributed by atoms with Gasteiger partial charge in [0.25, 0.3) is 0 Å². The number of nitrogens with zero attached hydrogens (tertiary/aromatic N) is 1. The molecule has 2 aliphatic rings. The SMILES string of the molecule is CC1CCCCC1NC(=S)N1CCCCCC1C. The van der Waals surface area contributed by atoms with Crippen molar-refractivity contribution in [2.75, 3.05) is 6.54 Å². The first-order valence-electron chi connectivity index (χ1n) is 7.75. The highest BCUT2D eigenvalue weighted by Crippen LogP contribution is 2.24. The van der Waals surface area contributed by atoms with Gasteiger partial charge < -0.3 is 10.2 Å². The van der Waals surface area contributed by atoms with Gasteiger partial charge in [-0.3, -0.25) is 0 Å². The molecule has 0 amide bonds. The molecule has 0 aromatic heterocycles. The van der Waals surface area contributed by atoms with Crippen LogP contribution in [0.4, 0.5) is 0 Å². The smallest absolute Gasteiger partial charge is 0.169 e. The molecular formula is C15H28N2S. The van der Waals surface area contributed by atoms with Gasteiger partial charge in [0.1, 0.15) is 0 Å². The first-order chi connectivity index (χ1) is 8.68. The van der Waals surface area contributed by atoms with Crippen LogP contribution in [0.15, 0.2) is 0 Å². The molecule has 1 aliphatic heterocycles. The lowest BCUT2D eigenvalue weighted by atomic mass is 9.86. The van der Waals surface area contributed by atoms with E-state index < -0.39 is 0 Å². The highest BCUT2D eigenvalue weighted by molar-refractivity contribution is 7.80. The lowest BCUT2D eigenvalue weighted by Crippen LogP contribution is -2.50. The van der Waals surface area contributed by atoms with Crippen LogP contribution < -0.4 is 5.32 Å². The van der Waals surface area contributed by atoms with Gasteiger partial charge in [-0.15, -0.1) is 0 Å². The quantitative estimate of drug-likeness (QED) is 0.730. The van der Waals surface area contributed by atoms with Crippen LogP contribution in [-0.2, 0) is 0 Å². The molecule has 0 aromatic carbocycles. The Balaban J connectivity index is 1.89. The molecule has 2 nitrogen and oxygen atoms in total. The molecule has 3 unspecified atom stereocenters. The van der Waals surface area contributed by atoms with Crippen LogP contribution in [0.3, 0.4) is 0 Å². The second-order valence-electron chi connectivity index (χ2n) is 6.21. The zero-order valence-corrected chi connectivity index (χ0v) is 12.8. The van der Waals surface area contributed by atoms with Gasteiger partial charge in [0, 0.05) is 18.6 Å². The Morgan fingerprint density at radius 2 is 1.72 bits per heavy atom. The molecule has 1 aliphatic carbocycles. The van der Waals surface area contributed by atoms with Crippen LogP contribution >= 0.6 is 12.2 Å². The largest absolute Gasteiger partial charge is 0.360 e. The van der Waals surface area contributed by atoms with E-state index in [2.05, 4.69) is 24.1 Å². The molecule has 1 saturated carbocycles. The van der Waals surface area contributed by atoms with Gasteiger partial charge in [0.2, 0.25) is 0 Å². The normalized spacial score (nSPS) is 33.9. The number of likely N-dealkylation sites (tertiary alicyclic amines) is 1. The Morgan fingerprint density at radius 1 is 1.00 bits per heavy atom. The highest BCUT2D eigenvalue weighted by atomic mass is 32.1. The van der Waals surface area contributed by atoms with Crippen LogP contribution in [0.5, 0.6) is 0 Å². The van der Waals surface area contributed by atoms with Crippen molar-refractivity contribution in [1.82, 2.24) is 10.2 Å². The minimum Gasteiger partial charge on any atom is -0.360 e. The molecule has 1 saturated heterocycles. The van der Waals surface area contributed by atoms with Crippen LogP contribution in [0, 0.1) is 5.92 Å². The Labute approximate surface area is 118 Å². The minimum atomic E-state index is 0.613. The van der Waals surface area contributed by atoms with E-state index in [0.717, 1.165) is 17.6 Å². The van der Waals surface area contributed by atoms with Crippen LogP contribution in [-0.4, -0.2) is 28.6 Å². The lowest BCUT2D eigenvalue weighted by molar-refractivity contribution is 0.282. The topological polar surface area (TPSA) is 15.3 Å². The predicted molar refractivity (Wildman–Crippen MR) is 81.8 cm³/mol. The summed E-state index contributed by atoms with van der Waals surface area (Å²) in [6.07, 6.45) is 10.7. The summed E-state index contributed by atoms with van der Waals surface area (Å²) in [4.78, 5) is 2.43. The molecule has 2 fully saturated rings. The number of hydrogen-bond acceptors (Lipinski definition) is 1. The second kappa shape index (κ2) is 6.74. The number of thiocarbonyl (C=S) groups is 1.